The van der Waals surface area contributed by atoms with Gasteiger partial charge in [0.1, 0.15) is 12.8 Å². The van der Waals surface area contributed by atoms with Gasteiger partial charge in [-0.15, -0.1) is 0 Å². The van der Waals surface area contributed by atoms with Crippen LogP contribution in [0.2, 0.25) is 0 Å². The second-order valence-electron chi connectivity index (χ2n) is 3.92. The van der Waals surface area contributed by atoms with E-state index < -0.39 is 6.04 Å². The molecule has 1 saturated carbocycles. The van der Waals surface area contributed by atoms with E-state index in [0.717, 1.165) is 6.42 Å². The lowest BCUT2D eigenvalue weighted by Crippen LogP contribution is -2.39. The molecule has 88 valence electrons. The molecular formula is C10H19NO4. The Bertz CT molecular complexity index is 221. The van der Waals surface area contributed by atoms with E-state index in [1.54, 1.807) is 7.11 Å². The summed E-state index contributed by atoms with van der Waals surface area (Å²) in [6.07, 6.45) is 1.12. The van der Waals surface area contributed by atoms with Crippen LogP contribution < -0.4 is 5.73 Å². The first-order chi connectivity index (χ1) is 7.11. The van der Waals surface area contributed by atoms with Gasteiger partial charge >= 0.3 is 5.97 Å². The largest absolute Gasteiger partial charge is 0.468 e. The van der Waals surface area contributed by atoms with Gasteiger partial charge in [0, 0.05) is 7.11 Å². The number of ether oxygens (including phenoxy) is 3. The number of hydrogen-bond donors (Lipinski definition) is 1. The molecule has 1 aliphatic rings. The Morgan fingerprint density at radius 1 is 1.53 bits per heavy atom. The van der Waals surface area contributed by atoms with Gasteiger partial charge < -0.3 is 19.9 Å². The van der Waals surface area contributed by atoms with Crippen molar-refractivity contribution in [2.24, 2.45) is 17.6 Å². The van der Waals surface area contributed by atoms with E-state index in [1.165, 1.54) is 7.11 Å². The summed E-state index contributed by atoms with van der Waals surface area (Å²) in [5.41, 5.74) is 5.74. The minimum Gasteiger partial charge on any atom is -0.468 e. The maximum Gasteiger partial charge on any atom is 0.322 e. The maximum atomic E-state index is 11.2. The molecule has 0 radical (unpaired) electrons. The van der Waals surface area contributed by atoms with Crippen molar-refractivity contribution < 1.29 is 19.0 Å². The highest BCUT2D eigenvalue weighted by atomic mass is 16.7. The molecule has 1 rings (SSSR count). The van der Waals surface area contributed by atoms with Crippen LogP contribution in [0.25, 0.3) is 0 Å². The van der Waals surface area contributed by atoms with Gasteiger partial charge in [0.2, 0.25) is 0 Å². The summed E-state index contributed by atoms with van der Waals surface area (Å²) in [5, 5.41) is 0. The Labute approximate surface area is 89.9 Å². The van der Waals surface area contributed by atoms with Gasteiger partial charge in [-0.1, -0.05) is 6.92 Å². The van der Waals surface area contributed by atoms with Crippen molar-refractivity contribution in [3.8, 4) is 0 Å². The zero-order chi connectivity index (χ0) is 11.4. The molecule has 0 saturated heterocycles. The van der Waals surface area contributed by atoms with Gasteiger partial charge in [0.05, 0.1) is 13.2 Å². The van der Waals surface area contributed by atoms with Crippen LogP contribution in [0.15, 0.2) is 0 Å². The van der Waals surface area contributed by atoms with E-state index in [1.807, 2.05) is 6.92 Å². The molecule has 1 aliphatic carbocycles. The predicted molar refractivity (Wildman–Crippen MR) is 54.0 cm³/mol. The number of carbonyl (C=O) groups excluding carboxylic acids is 1. The molecular weight excluding hydrogens is 198 g/mol. The quantitative estimate of drug-likeness (QED) is 0.506. The summed E-state index contributed by atoms with van der Waals surface area (Å²) in [4.78, 5) is 11.2. The van der Waals surface area contributed by atoms with Crippen LogP contribution in [0.1, 0.15) is 13.3 Å². The molecule has 5 heteroatoms. The Morgan fingerprint density at radius 2 is 2.20 bits per heavy atom. The van der Waals surface area contributed by atoms with Crippen molar-refractivity contribution in [1.29, 1.82) is 0 Å². The van der Waals surface area contributed by atoms with Crippen LogP contribution in [0.3, 0.4) is 0 Å². The monoisotopic (exact) mass is 217 g/mol. The third kappa shape index (κ3) is 3.15. The Hall–Kier alpha value is -0.650. The molecule has 0 aliphatic heterocycles. The van der Waals surface area contributed by atoms with E-state index in [-0.39, 0.29) is 18.0 Å². The van der Waals surface area contributed by atoms with E-state index in [9.17, 15) is 4.79 Å². The molecule has 0 unspecified atom stereocenters. The Morgan fingerprint density at radius 3 is 2.73 bits per heavy atom. The van der Waals surface area contributed by atoms with E-state index >= 15 is 0 Å². The number of nitrogens with two attached hydrogens (primary N) is 1. The van der Waals surface area contributed by atoms with Crippen LogP contribution in [0, 0.1) is 11.8 Å². The fraction of sp³-hybridized carbons (Fsp3) is 0.900. The topological polar surface area (TPSA) is 70.8 Å². The lowest BCUT2D eigenvalue weighted by atomic mass is 9.97. The summed E-state index contributed by atoms with van der Waals surface area (Å²) in [6, 6.07) is -0.559. The zero-order valence-electron chi connectivity index (χ0n) is 9.43. The second-order valence-corrected chi connectivity index (χ2v) is 3.92. The van der Waals surface area contributed by atoms with Gasteiger partial charge in [-0.2, -0.15) is 0 Å². The van der Waals surface area contributed by atoms with Crippen LogP contribution >= 0.6 is 0 Å². The number of esters is 1. The van der Waals surface area contributed by atoms with Gasteiger partial charge in [-0.05, 0) is 18.3 Å². The average Bonchev–Trinajstić information content (AvgIpc) is 3.02. The van der Waals surface area contributed by atoms with E-state index in [0.29, 0.717) is 12.7 Å². The fourth-order valence-corrected chi connectivity index (χ4v) is 1.71. The molecule has 0 spiro atoms. The molecule has 1 fully saturated rings. The third-order valence-corrected chi connectivity index (χ3v) is 2.89. The van der Waals surface area contributed by atoms with Crippen molar-refractivity contribution in [2.45, 2.75) is 25.5 Å². The van der Waals surface area contributed by atoms with Gasteiger partial charge in [-0.25, -0.2) is 0 Å². The summed E-state index contributed by atoms with van der Waals surface area (Å²) in [7, 11) is 2.93. The molecule has 0 bridgehead atoms. The standard InChI is InChI=1S/C10H19NO4/c1-6(9(11)10(12)14-3)7-4-8(7)15-5-13-2/h6-9H,4-5,11H2,1-3H3/t6-,7-,8-,9+/m1/s1. The minimum atomic E-state index is -0.559. The first-order valence-electron chi connectivity index (χ1n) is 5.05. The number of methoxy groups -OCH3 is 2. The summed E-state index contributed by atoms with van der Waals surface area (Å²) in [6.45, 7) is 2.24. The molecule has 0 aromatic carbocycles. The lowest BCUT2D eigenvalue weighted by Gasteiger charge is -2.17. The number of hydrogen-bond acceptors (Lipinski definition) is 5. The van der Waals surface area contributed by atoms with Crippen LogP contribution in [0.4, 0.5) is 0 Å². The molecule has 2 N–H and O–H groups in total. The summed E-state index contributed by atoms with van der Waals surface area (Å²) in [5.74, 6) is 0.0634. The van der Waals surface area contributed by atoms with Crippen LogP contribution in [-0.2, 0) is 19.0 Å². The van der Waals surface area contributed by atoms with Gasteiger partial charge in [-0.3, -0.25) is 4.79 Å². The van der Waals surface area contributed by atoms with Crippen molar-refractivity contribution >= 4 is 5.97 Å². The number of rotatable bonds is 6. The lowest BCUT2D eigenvalue weighted by molar-refractivity contribution is -0.143. The SMILES string of the molecule is COCO[C@@H]1C[C@@H]1[C@@H](C)[C@H](N)C(=O)OC. The summed E-state index contributed by atoms with van der Waals surface area (Å²) >= 11 is 0. The number of carbonyl (C=O) groups is 1. The summed E-state index contributed by atoms with van der Waals surface area (Å²) < 4.78 is 14.8. The molecule has 4 atom stereocenters. The maximum absolute atomic E-state index is 11.2. The second kappa shape index (κ2) is 5.44. The molecule has 15 heavy (non-hydrogen) atoms. The fourth-order valence-electron chi connectivity index (χ4n) is 1.71. The highest BCUT2D eigenvalue weighted by Crippen LogP contribution is 2.41. The smallest absolute Gasteiger partial charge is 0.322 e. The van der Waals surface area contributed by atoms with Gasteiger partial charge in [0.25, 0.3) is 0 Å². The highest BCUT2D eigenvalue weighted by Gasteiger charge is 2.45. The van der Waals surface area contributed by atoms with Crippen molar-refractivity contribution in [1.82, 2.24) is 0 Å². The highest BCUT2D eigenvalue weighted by molar-refractivity contribution is 5.75. The first kappa shape index (κ1) is 12.4. The van der Waals surface area contributed by atoms with Crippen molar-refractivity contribution in [3.63, 3.8) is 0 Å². The van der Waals surface area contributed by atoms with E-state index in [2.05, 4.69) is 4.74 Å². The van der Waals surface area contributed by atoms with Crippen molar-refractivity contribution in [3.05, 3.63) is 0 Å². The zero-order valence-corrected chi connectivity index (χ0v) is 9.43. The van der Waals surface area contributed by atoms with Crippen LogP contribution in [0.5, 0.6) is 0 Å². The van der Waals surface area contributed by atoms with Crippen molar-refractivity contribution in [2.75, 3.05) is 21.0 Å². The normalized spacial score (nSPS) is 28.3. The average molecular weight is 217 g/mol. The molecule has 0 amide bonds. The molecule has 0 heterocycles. The molecule has 5 nitrogen and oxygen atoms in total. The molecule has 0 aromatic rings. The molecule has 0 aromatic heterocycles. The van der Waals surface area contributed by atoms with Crippen LogP contribution in [-0.4, -0.2) is 39.1 Å². The minimum absolute atomic E-state index is 0.0827. The Kier molecular flexibility index (Phi) is 4.50. The predicted octanol–water partition coefficient (Wildman–Crippen LogP) is 0.132. The van der Waals surface area contributed by atoms with Gasteiger partial charge in [0.15, 0.2) is 0 Å². The first-order valence-corrected chi connectivity index (χ1v) is 5.05. The van der Waals surface area contributed by atoms with E-state index in [4.69, 9.17) is 15.2 Å². The third-order valence-electron chi connectivity index (χ3n) is 2.89. The Balaban J connectivity index is 2.30.